The topological polar surface area (TPSA) is 125 Å². The Morgan fingerprint density at radius 3 is 2.57 bits per heavy atom. The van der Waals surface area contributed by atoms with Gasteiger partial charge in [0.15, 0.2) is 5.69 Å². The Kier molecular flexibility index (Phi) is 3.51. The van der Waals surface area contributed by atoms with Gasteiger partial charge in [0, 0.05) is 6.20 Å². The van der Waals surface area contributed by atoms with E-state index in [0.29, 0.717) is 0 Å². The van der Waals surface area contributed by atoms with Crippen LogP contribution in [-0.2, 0) is 4.74 Å². The van der Waals surface area contributed by atoms with Gasteiger partial charge in [-0.1, -0.05) is 6.07 Å². The maximum absolute atomic E-state index is 11.9. The number of benzene rings is 1. The van der Waals surface area contributed by atoms with Crippen LogP contribution in [0.4, 0.5) is 5.69 Å². The lowest BCUT2D eigenvalue weighted by Crippen LogP contribution is -2.12. The van der Waals surface area contributed by atoms with E-state index in [9.17, 15) is 9.90 Å². The highest BCUT2D eigenvalue weighted by atomic mass is 16.5. The fourth-order valence-corrected chi connectivity index (χ4v) is 1.97. The fraction of sp³-hybridized carbons (Fsp3) is 0.0714. The summed E-state index contributed by atoms with van der Waals surface area (Å²) in [6, 6.07) is 8.08. The molecule has 0 aliphatic heterocycles. The fourth-order valence-electron chi connectivity index (χ4n) is 1.97. The predicted octanol–water partition coefficient (Wildman–Crippen LogP) is 1.30. The molecular weight excluding hydrogens is 272 g/mol. The lowest BCUT2D eigenvalue weighted by Gasteiger charge is -2.11. The third-order valence-electron chi connectivity index (χ3n) is 2.92. The van der Waals surface area contributed by atoms with Gasteiger partial charge in [0.2, 0.25) is 0 Å². The average molecular weight is 282 g/mol. The molecule has 104 valence electrons. The van der Waals surface area contributed by atoms with Crippen molar-refractivity contribution in [3.8, 4) is 23.6 Å². The number of esters is 1. The van der Waals surface area contributed by atoms with Crippen LogP contribution in [0.3, 0.4) is 0 Å². The van der Waals surface area contributed by atoms with Crippen molar-refractivity contribution in [2.75, 3.05) is 12.8 Å². The molecule has 0 bridgehead atoms. The predicted molar refractivity (Wildman–Crippen MR) is 72.6 cm³/mol. The summed E-state index contributed by atoms with van der Waals surface area (Å²) in [5.74, 6) is -1.00. The molecule has 7 nitrogen and oxygen atoms in total. The number of nitrogens with two attached hydrogens (primary N) is 1. The van der Waals surface area contributed by atoms with Crippen molar-refractivity contribution in [1.82, 2.24) is 4.57 Å². The van der Waals surface area contributed by atoms with Gasteiger partial charge in [0.25, 0.3) is 0 Å². The number of carbonyl (C=O) groups excluding carboxylic acids is 1. The molecule has 0 amide bonds. The number of aromatic hydroxyl groups is 1. The van der Waals surface area contributed by atoms with E-state index in [2.05, 4.69) is 4.74 Å². The quantitative estimate of drug-likeness (QED) is 0.799. The van der Waals surface area contributed by atoms with Crippen LogP contribution in [0.2, 0.25) is 0 Å². The number of nitriles is 2. The summed E-state index contributed by atoms with van der Waals surface area (Å²) in [5, 5.41) is 28.1. The number of carbonyl (C=O) groups is 1. The van der Waals surface area contributed by atoms with Gasteiger partial charge in [0.05, 0.1) is 23.9 Å². The molecule has 0 saturated heterocycles. The summed E-state index contributed by atoms with van der Waals surface area (Å²) < 4.78 is 5.82. The van der Waals surface area contributed by atoms with Crippen molar-refractivity contribution in [3.63, 3.8) is 0 Å². The number of nitrogens with zero attached hydrogens (tertiary/aromatic N) is 3. The number of ether oxygens (including phenoxy) is 1. The second-order valence-electron chi connectivity index (χ2n) is 4.06. The number of hydrogen-bond acceptors (Lipinski definition) is 6. The minimum absolute atomic E-state index is 0.0440. The van der Waals surface area contributed by atoms with Crippen molar-refractivity contribution in [2.45, 2.75) is 0 Å². The number of aromatic nitrogens is 1. The molecule has 0 saturated carbocycles. The molecule has 0 unspecified atom stereocenters. The van der Waals surface area contributed by atoms with Crippen LogP contribution < -0.4 is 5.73 Å². The number of hydrogen-bond donors (Lipinski definition) is 2. The number of phenolic OH excluding ortho intramolecular Hbond substituents is 1. The molecule has 21 heavy (non-hydrogen) atoms. The summed E-state index contributed by atoms with van der Waals surface area (Å²) in [5.41, 5.74) is 5.80. The van der Waals surface area contributed by atoms with Crippen molar-refractivity contribution >= 4 is 11.7 Å². The van der Waals surface area contributed by atoms with E-state index in [1.807, 2.05) is 12.1 Å². The van der Waals surface area contributed by atoms with Gasteiger partial charge < -0.3 is 20.1 Å². The SMILES string of the molecule is COC(=O)c1c(N)c(C#N)cn1-c1c(O)cccc1C#N. The van der Waals surface area contributed by atoms with Gasteiger partial charge in [-0.2, -0.15) is 10.5 Å². The number of nitrogen functional groups attached to an aromatic ring is 1. The lowest BCUT2D eigenvalue weighted by atomic mass is 10.1. The molecule has 7 heteroatoms. The Labute approximate surface area is 120 Å². The normalized spacial score (nSPS) is 9.67. The third kappa shape index (κ3) is 2.13. The minimum Gasteiger partial charge on any atom is -0.506 e. The number of para-hydroxylation sites is 1. The largest absolute Gasteiger partial charge is 0.506 e. The summed E-state index contributed by atoms with van der Waals surface area (Å²) in [6.07, 6.45) is 1.28. The highest BCUT2D eigenvalue weighted by Gasteiger charge is 2.24. The number of phenols is 1. The van der Waals surface area contributed by atoms with Crippen LogP contribution in [-0.4, -0.2) is 22.8 Å². The molecule has 0 fully saturated rings. The van der Waals surface area contributed by atoms with Crippen molar-refractivity contribution in [3.05, 3.63) is 41.2 Å². The van der Waals surface area contributed by atoms with Gasteiger partial charge in [-0.3, -0.25) is 0 Å². The van der Waals surface area contributed by atoms with E-state index in [1.165, 1.54) is 36.1 Å². The molecule has 1 aromatic carbocycles. The maximum Gasteiger partial charge on any atom is 0.357 e. The molecule has 0 radical (unpaired) electrons. The maximum atomic E-state index is 11.9. The van der Waals surface area contributed by atoms with Crippen molar-refractivity contribution in [2.24, 2.45) is 0 Å². The molecule has 2 rings (SSSR count). The smallest absolute Gasteiger partial charge is 0.357 e. The van der Waals surface area contributed by atoms with Crippen molar-refractivity contribution in [1.29, 1.82) is 10.5 Å². The highest BCUT2D eigenvalue weighted by molar-refractivity contribution is 5.96. The lowest BCUT2D eigenvalue weighted by molar-refractivity contribution is 0.0593. The first-order valence-corrected chi connectivity index (χ1v) is 5.76. The van der Waals surface area contributed by atoms with Crippen LogP contribution >= 0.6 is 0 Å². The monoisotopic (exact) mass is 282 g/mol. The second-order valence-corrected chi connectivity index (χ2v) is 4.06. The summed E-state index contributed by atoms with van der Waals surface area (Å²) in [6.45, 7) is 0. The van der Waals surface area contributed by atoms with Crippen LogP contribution in [0, 0.1) is 22.7 Å². The second kappa shape index (κ2) is 5.27. The van der Waals surface area contributed by atoms with Gasteiger partial charge >= 0.3 is 5.97 Å². The van der Waals surface area contributed by atoms with E-state index in [4.69, 9.17) is 16.3 Å². The van der Waals surface area contributed by atoms with Gasteiger partial charge in [0.1, 0.15) is 23.6 Å². The van der Waals surface area contributed by atoms with Gasteiger partial charge in [-0.05, 0) is 12.1 Å². The highest BCUT2D eigenvalue weighted by Crippen LogP contribution is 2.31. The Hall–Kier alpha value is -3.45. The summed E-state index contributed by atoms with van der Waals surface area (Å²) in [4.78, 5) is 11.9. The van der Waals surface area contributed by atoms with E-state index >= 15 is 0 Å². The van der Waals surface area contributed by atoms with E-state index in [-0.39, 0.29) is 33.9 Å². The first-order chi connectivity index (χ1) is 10.0. The molecule has 0 aliphatic rings. The van der Waals surface area contributed by atoms with Crippen LogP contribution in [0.25, 0.3) is 5.69 Å². The van der Waals surface area contributed by atoms with Gasteiger partial charge in [-0.25, -0.2) is 4.79 Å². The van der Waals surface area contributed by atoms with E-state index in [0.717, 1.165) is 0 Å². The molecule has 1 aromatic heterocycles. The zero-order valence-electron chi connectivity index (χ0n) is 11.0. The standard InChI is InChI=1S/C14H10N4O3/c1-21-14(20)13-11(17)9(6-16)7-18(13)12-8(5-15)3-2-4-10(12)19/h2-4,7,19H,17H2,1H3. The molecular formula is C14H10N4O3. The van der Waals surface area contributed by atoms with E-state index < -0.39 is 5.97 Å². The molecule has 0 spiro atoms. The van der Waals surface area contributed by atoms with E-state index in [1.54, 1.807) is 0 Å². The first kappa shape index (κ1) is 14.0. The minimum atomic E-state index is -0.777. The van der Waals surface area contributed by atoms with Crippen LogP contribution in [0.5, 0.6) is 5.75 Å². The molecule has 0 aliphatic carbocycles. The molecule has 0 atom stereocenters. The summed E-state index contributed by atoms with van der Waals surface area (Å²) in [7, 11) is 1.17. The molecule has 1 heterocycles. The summed E-state index contributed by atoms with van der Waals surface area (Å²) >= 11 is 0. The zero-order valence-corrected chi connectivity index (χ0v) is 11.0. The zero-order chi connectivity index (χ0) is 15.6. The number of methoxy groups -OCH3 is 1. The van der Waals surface area contributed by atoms with Crippen LogP contribution in [0.15, 0.2) is 24.4 Å². The molecule has 2 aromatic rings. The Morgan fingerprint density at radius 2 is 2.00 bits per heavy atom. The van der Waals surface area contributed by atoms with Crippen LogP contribution in [0.1, 0.15) is 21.6 Å². The Morgan fingerprint density at radius 1 is 1.33 bits per heavy atom. The first-order valence-electron chi connectivity index (χ1n) is 5.76. The Bertz CT molecular complexity index is 809. The van der Waals surface area contributed by atoms with Gasteiger partial charge in [-0.15, -0.1) is 0 Å². The average Bonchev–Trinajstić information content (AvgIpc) is 2.82. The molecule has 3 N–H and O–H groups in total. The van der Waals surface area contributed by atoms with Crippen molar-refractivity contribution < 1.29 is 14.6 Å². The Balaban J connectivity index is 2.86. The third-order valence-corrected chi connectivity index (χ3v) is 2.92. The number of anilines is 1. The number of rotatable bonds is 2.